The molecular weight excluding hydrogens is 247 g/mol. The summed E-state index contributed by atoms with van der Waals surface area (Å²) in [7, 11) is 0. The van der Waals surface area contributed by atoms with Crippen LogP contribution in [-0.2, 0) is 0 Å². The summed E-state index contributed by atoms with van der Waals surface area (Å²) in [4.78, 5) is 0. The SMILES string of the molecule is O[C@@H](C(F)(F)F)C(F)(F)[C@@H](F)C(F)(F)F. The lowest BCUT2D eigenvalue weighted by Gasteiger charge is -2.27. The van der Waals surface area contributed by atoms with E-state index in [4.69, 9.17) is 5.11 Å². The molecular formula is C5H3F9O. The van der Waals surface area contributed by atoms with Crippen molar-refractivity contribution in [1.82, 2.24) is 0 Å². The van der Waals surface area contributed by atoms with Crippen LogP contribution >= 0.6 is 0 Å². The van der Waals surface area contributed by atoms with Gasteiger partial charge >= 0.3 is 18.3 Å². The minimum absolute atomic E-state index is 4.71. The summed E-state index contributed by atoms with van der Waals surface area (Å²) in [5, 5.41) is 7.83. The minimum Gasteiger partial charge on any atom is -0.379 e. The molecule has 0 saturated heterocycles. The lowest BCUT2D eigenvalue weighted by atomic mass is 10.1. The summed E-state index contributed by atoms with van der Waals surface area (Å²) in [6.45, 7) is 0. The maximum Gasteiger partial charge on any atom is 0.425 e. The summed E-state index contributed by atoms with van der Waals surface area (Å²) in [6.07, 6.45) is -22.0. The van der Waals surface area contributed by atoms with Crippen LogP contribution in [0.4, 0.5) is 39.5 Å². The van der Waals surface area contributed by atoms with Crippen molar-refractivity contribution in [3.05, 3.63) is 0 Å². The molecule has 0 unspecified atom stereocenters. The minimum atomic E-state index is -6.18. The Kier molecular flexibility index (Phi) is 3.56. The number of hydrogen-bond donors (Lipinski definition) is 1. The predicted octanol–water partition coefficient (Wildman–Crippen LogP) is 2.45. The quantitative estimate of drug-likeness (QED) is 0.746. The molecule has 2 atom stereocenters. The van der Waals surface area contributed by atoms with Gasteiger partial charge in [0.1, 0.15) is 0 Å². The van der Waals surface area contributed by atoms with Crippen molar-refractivity contribution in [3.63, 3.8) is 0 Å². The van der Waals surface area contributed by atoms with Crippen LogP contribution in [-0.4, -0.2) is 35.7 Å². The molecule has 0 aliphatic carbocycles. The van der Waals surface area contributed by atoms with Crippen LogP contribution in [0.3, 0.4) is 0 Å². The smallest absolute Gasteiger partial charge is 0.379 e. The van der Waals surface area contributed by atoms with Crippen LogP contribution in [0.5, 0.6) is 0 Å². The van der Waals surface area contributed by atoms with E-state index < -0.39 is 30.6 Å². The zero-order chi connectivity index (χ0) is 12.7. The van der Waals surface area contributed by atoms with Crippen molar-refractivity contribution in [1.29, 1.82) is 0 Å². The van der Waals surface area contributed by atoms with Gasteiger partial charge in [-0.15, -0.1) is 0 Å². The third-order valence-corrected chi connectivity index (χ3v) is 1.30. The predicted molar refractivity (Wildman–Crippen MR) is 28.0 cm³/mol. The fraction of sp³-hybridized carbons (Fsp3) is 1.00. The first-order chi connectivity index (χ1) is 6.31. The molecule has 1 N–H and O–H groups in total. The van der Waals surface area contributed by atoms with E-state index in [-0.39, 0.29) is 0 Å². The van der Waals surface area contributed by atoms with Crippen molar-refractivity contribution in [2.24, 2.45) is 0 Å². The Bertz CT molecular complexity index is 194. The van der Waals surface area contributed by atoms with Crippen molar-refractivity contribution in [2.75, 3.05) is 0 Å². The van der Waals surface area contributed by atoms with E-state index >= 15 is 0 Å². The zero-order valence-corrected chi connectivity index (χ0v) is 6.50. The van der Waals surface area contributed by atoms with Crippen molar-refractivity contribution in [3.8, 4) is 0 Å². The molecule has 10 heteroatoms. The fourth-order valence-electron chi connectivity index (χ4n) is 0.575. The molecule has 1 nitrogen and oxygen atoms in total. The Balaban J connectivity index is 4.98. The van der Waals surface area contributed by atoms with E-state index in [9.17, 15) is 39.5 Å². The van der Waals surface area contributed by atoms with Crippen LogP contribution in [0.2, 0.25) is 0 Å². The maximum atomic E-state index is 12.1. The van der Waals surface area contributed by atoms with Gasteiger partial charge in [0.15, 0.2) is 0 Å². The summed E-state index contributed by atoms with van der Waals surface area (Å²) in [5.74, 6) is -5.98. The van der Waals surface area contributed by atoms with Gasteiger partial charge in [-0.1, -0.05) is 0 Å². The Morgan fingerprint density at radius 3 is 1.27 bits per heavy atom. The number of hydrogen-bond acceptors (Lipinski definition) is 1. The average molecular weight is 250 g/mol. The highest BCUT2D eigenvalue weighted by Crippen LogP contribution is 2.41. The van der Waals surface area contributed by atoms with Gasteiger partial charge in [-0.25, -0.2) is 4.39 Å². The monoisotopic (exact) mass is 250 g/mol. The van der Waals surface area contributed by atoms with E-state index in [1.165, 1.54) is 0 Å². The molecule has 0 saturated carbocycles. The normalized spacial score (nSPS) is 18.8. The van der Waals surface area contributed by atoms with Crippen LogP contribution in [0.15, 0.2) is 0 Å². The summed E-state index contributed by atoms with van der Waals surface area (Å²) in [5.41, 5.74) is 0. The fourth-order valence-corrected chi connectivity index (χ4v) is 0.575. The molecule has 0 heterocycles. The lowest BCUT2D eigenvalue weighted by Crippen LogP contribution is -2.55. The molecule has 0 aromatic heterocycles. The molecule has 0 aromatic rings. The summed E-state index contributed by atoms with van der Waals surface area (Å²) >= 11 is 0. The molecule has 0 aliphatic rings. The Hall–Kier alpha value is -0.670. The van der Waals surface area contributed by atoms with Gasteiger partial charge in [-0.05, 0) is 0 Å². The first-order valence-corrected chi connectivity index (χ1v) is 3.14. The topological polar surface area (TPSA) is 20.2 Å². The largest absolute Gasteiger partial charge is 0.425 e. The number of aliphatic hydroxyl groups is 1. The molecule has 0 spiro atoms. The van der Waals surface area contributed by atoms with Gasteiger partial charge < -0.3 is 5.11 Å². The zero-order valence-electron chi connectivity index (χ0n) is 6.50. The van der Waals surface area contributed by atoms with Gasteiger partial charge in [-0.2, -0.15) is 35.1 Å². The van der Waals surface area contributed by atoms with E-state index in [1.807, 2.05) is 0 Å². The van der Waals surface area contributed by atoms with Gasteiger partial charge in [0.2, 0.25) is 6.10 Å². The average Bonchev–Trinajstić information content (AvgIpc) is 1.98. The van der Waals surface area contributed by atoms with Crippen LogP contribution in [0, 0.1) is 0 Å². The molecule has 0 amide bonds. The van der Waals surface area contributed by atoms with Crippen molar-refractivity contribution in [2.45, 2.75) is 30.6 Å². The highest BCUT2D eigenvalue weighted by Gasteiger charge is 2.66. The van der Waals surface area contributed by atoms with Crippen molar-refractivity contribution < 1.29 is 44.6 Å². The molecule has 0 bridgehead atoms. The van der Waals surface area contributed by atoms with E-state index in [0.29, 0.717) is 0 Å². The van der Waals surface area contributed by atoms with Gasteiger partial charge in [0.25, 0.3) is 6.17 Å². The third kappa shape index (κ3) is 3.14. The van der Waals surface area contributed by atoms with Crippen LogP contribution in [0.25, 0.3) is 0 Å². The van der Waals surface area contributed by atoms with Gasteiger partial charge in [0.05, 0.1) is 0 Å². The maximum absolute atomic E-state index is 12.1. The van der Waals surface area contributed by atoms with Crippen LogP contribution in [0.1, 0.15) is 0 Å². The highest BCUT2D eigenvalue weighted by atomic mass is 19.4. The lowest BCUT2D eigenvalue weighted by molar-refractivity contribution is -0.319. The molecule has 92 valence electrons. The summed E-state index contributed by atoms with van der Waals surface area (Å²) < 4.78 is 105. The number of alkyl halides is 9. The second kappa shape index (κ2) is 3.72. The Morgan fingerprint density at radius 1 is 0.733 bits per heavy atom. The third-order valence-electron chi connectivity index (χ3n) is 1.30. The van der Waals surface area contributed by atoms with Gasteiger partial charge in [0, 0.05) is 0 Å². The van der Waals surface area contributed by atoms with Gasteiger partial charge in [-0.3, -0.25) is 0 Å². The number of aliphatic hydroxyl groups excluding tert-OH is 1. The van der Waals surface area contributed by atoms with E-state index in [0.717, 1.165) is 0 Å². The molecule has 0 aromatic carbocycles. The molecule has 0 aliphatic heterocycles. The Morgan fingerprint density at radius 2 is 1.07 bits per heavy atom. The number of rotatable bonds is 2. The Labute approximate surface area is 76.5 Å². The number of halogens is 9. The molecule has 0 radical (unpaired) electrons. The van der Waals surface area contributed by atoms with Crippen LogP contribution < -0.4 is 0 Å². The standard InChI is InChI=1S/C5H3F9O/c6-1(4(9,10)11)3(7,8)2(15)5(12,13)14/h1-2,15H/t1-,2-/m1/s1. The second-order valence-corrected chi connectivity index (χ2v) is 2.52. The first-order valence-electron chi connectivity index (χ1n) is 3.14. The van der Waals surface area contributed by atoms with Crippen molar-refractivity contribution >= 4 is 0 Å². The highest BCUT2D eigenvalue weighted by molar-refractivity contribution is 4.92. The molecule has 0 rings (SSSR count). The second-order valence-electron chi connectivity index (χ2n) is 2.52. The molecule has 15 heavy (non-hydrogen) atoms. The summed E-state index contributed by atoms with van der Waals surface area (Å²) in [6, 6.07) is 0. The van der Waals surface area contributed by atoms with E-state index in [2.05, 4.69) is 0 Å². The van der Waals surface area contributed by atoms with E-state index in [1.54, 1.807) is 0 Å². The first kappa shape index (κ1) is 14.3. The molecule has 0 fully saturated rings.